The van der Waals surface area contributed by atoms with Gasteiger partial charge in [-0.2, -0.15) is 0 Å². The first-order valence-corrected chi connectivity index (χ1v) is 9.12. The van der Waals surface area contributed by atoms with E-state index in [1.807, 2.05) is 13.0 Å². The summed E-state index contributed by atoms with van der Waals surface area (Å²) in [6, 6.07) is 1.85. The second kappa shape index (κ2) is 7.45. The Morgan fingerprint density at radius 1 is 1.35 bits per heavy atom. The van der Waals surface area contributed by atoms with Gasteiger partial charge in [-0.3, -0.25) is 14.5 Å². The topological polar surface area (TPSA) is 82.4 Å². The van der Waals surface area contributed by atoms with E-state index in [0.717, 1.165) is 18.8 Å². The second-order valence-corrected chi connectivity index (χ2v) is 6.70. The molecular weight excluding hydrogens is 332 g/mol. The van der Waals surface area contributed by atoms with Gasteiger partial charge in [-0.05, 0) is 39.4 Å². The number of hydrogen-bond donors (Lipinski definition) is 1. The van der Waals surface area contributed by atoms with Crippen LogP contribution in [0, 0.1) is 13.8 Å². The Morgan fingerprint density at radius 2 is 2.08 bits per heavy atom. The highest BCUT2D eigenvalue weighted by Gasteiger charge is 2.27. The number of amides is 1. The molecule has 0 saturated heterocycles. The zero-order chi connectivity index (χ0) is 18.8. The third-order valence-electron chi connectivity index (χ3n) is 4.95. The van der Waals surface area contributed by atoms with Gasteiger partial charge in [0.15, 0.2) is 0 Å². The van der Waals surface area contributed by atoms with E-state index < -0.39 is 0 Å². The van der Waals surface area contributed by atoms with E-state index in [-0.39, 0.29) is 11.5 Å². The van der Waals surface area contributed by atoms with Crippen molar-refractivity contribution < 1.29 is 9.21 Å². The van der Waals surface area contributed by atoms with Gasteiger partial charge in [0.05, 0.1) is 24.3 Å². The highest BCUT2D eigenvalue weighted by molar-refractivity contribution is 5.95. The van der Waals surface area contributed by atoms with Crippen LogP contribution in [-0.2, 0) is 19.5 Å². The van der Waals surface area contributed by atoms with Gasteiger partial charge in [0.25, 0.3) is 11.5 Å². The molecule has 2 aromatic rings. The van der Waals surface area contributed by atoms with Crippen LogP contribution < -0.4 is 5.56 Å². The molecule has 7 nitrogen and oxygen atoms in total. The quantitative estimate of drug-likeness (QED) is 0.884. The molecule has 0 saturated carbocycles. The molecule has 0 aromatic carbocycles. The highest BCUT2D eigenvalue weighted by atomic mass is 16.3. The van der Waals surface area contributed by atoms with Crippen molar-refractivity contribution in [1.82, 2.24) is 19.8 Å². The van der Waals surface area contributed by atoms with Crippen molar-refractivity contribution in [3.05, 3.63) is 50.6 Å². The number of rotatable bonds is 5. The fourth-order valence-electron chi connectivity index (χ4n) is 3.41. The summed E-state index contributed by atoms with van der Waals surface area (Å²) in [5, 5.41) is 0. The Kier molecular flexibility index (Phi) is 5.27. The molecule has 7 heteroatoms. The molecule has 0 spiro atoms. The summed E-state index contributed by atoms with van der Waals surface area (Å²) in [5.74, 6) is 1.95. The maximum Gasteiger partial charge on any atom is 0.257 e. The van der Waals surface area contributed by atoms with Gasteiger partial charge in [0.2, 0.25) is 0 Å². The Bertz CT molecular complexity index is 864. The maximum atomic E-state index is 13.0. The molecule has 0 bridgehead atoms. The molecule has 1 aliphatic heterocycles. The van der Waals surface area contributed by atoms with E-state index in [4.69, 9.17) is 4.42 Å². The number of nitrogens with zero attached hydrogens (tertiary/aromatic N) is 3. The summed E-state index contributed by atoms with van der Waals surface area (Å²) in [7, 11) is 0. The van der Waals surface area contributed by atoms with Crippen molar-refractivity contribution in [2.24, 2.45) is 0 Å². The number of aromatic amines is 1. The van der Waals surface area contributed by atoms with E-state index in [2.05, 4.69) is 28.7 Å². The van der Waals surface area contributed by atoms with Crippen LogP contribution in [0.2, 0.25) is 0 Å². The van der Waals surface area contributed by atoms with Crippen molar-refractivity contribution in [3.63, 3.8) is 0 Å². The second-order valence-electron chi connectivity index (χ2n) is 6.70. The van der Waals surface area contributed by atoms with Crippen molar-refractivity contribution >= 4 is 5.91 Å². The zero-order valence-corrected chi connectivity index (χ0v) is 15.9. The van der Waals surface area contributed by atoms with Crippen LogP contribution in [0.15, 0.2) is 15.3 Å². The maximum absolute atomic E-state index is 13.0. The standard InChI is InChI=1S/C19H26N4O3/c1-5-22(6-2)10-14-9-16(12(3)26-14)19(25)23-8-7-15-17(11-23)20-13(4)21-18(15)24/h9H,5-8,10-11H2,1-4H3,(H,20,21,24). The normalized spacial score (nSPS) is 14.0. The molecule has 1 N–H and O–H groups in total. The lowest BCUT2D eigenvalue weighted by Gasteiger charge is -2.27. The monoisotopic (exact) mass is 358 g/mol. The largest absolute Gasteiger partial charge is 0.464 e. The van der Waals surface area contributed by atoms with Crippen LogP contribution in [-0.4, -0.2) is 45.3 Å². The predicted octanol–water partition coefficient (Wildman–Crippen LogP) is 2.02. The Labute approximate surface area is 153 Å². The first-order valence-electron chi connectivity index (χ1n) is 9.12. The van der Waals surface area contributed by atoms with E-state index in [0.29, 0.717) is 54.5 Å². The summed E-state index contributed by atoms with van der Waals surface area (Å²) >= 11 is 0. The lowest BCUT2D eigenvalue weighted by atomic mass is 10.1. The molecule has 0 atom stereocenters. The molecular formula is C19H26N4O3. The highest BCUT2D eigenvalue weighted by Crippen LogP contribution is 2.21. The fraction of sp³-hybridized carbons (Fsp3) is 0.526. The molecule has 2 aromatic heterocycles. The van der Waals surface area contributed by atoms with Crippen LogP contribution in [0.1, 0.15) is 52.8 Å². The van der Waals surface area contributed by atoms with Gasteiger partial charge in [-0.25, -0.2) is 4.98 Å². The number of fused-ring (bicyclic) bond motifs is 1. The Morgan fingerprint density at radius 3 is 2.77 bits per heavy atom. The smallest absolute Gasteiger partial charge is 0.257 e. The van der Waals surface area contributed by atoms with Gasteiger partial charge in [0, 0.05) is 12.1 Å². The fourth-order valence-corrected chi connectivity index (χ4v) is 3.41. The van der Waals surface area contributed by atoms with Crippen molar-refractivity contribution in [3.8, 4) is 0 Å². The van der Waals surface area contributed by atoms with Crippen LogP contribution in [0.3, 0.4) is 0 Å². The number of nitrogens with one attached hydrogen (secondary N) is 1. The molecule has 1 aliphatic rings. The predicted molar refractivity (Wildman–Crippen MR) is 98.1 cm³/mol. The molecule has 3 heterocycles. The molecule has 0 fully saturated rings. The average molecular weight is 358 g/mol. The van der Waals surface area contributed by atoms with Crippen LogP contribution in [0.5, 0.6) is 0 Å². The van der Waals surface area contributed by atoms with Gasteiger partial charge < -0.3 is 14.3 Å². The summed E-state index contributed by atoms with van der Waals surface area (Å²) in [5.41, 5.74) is 1.87. The summed E-state index contributed by atoms with van der Waals surface area (Å²) in [4.78, 5) is 36.1. The van der Waals surface area contributed by atoms with Crippen molar-refractivity contribution in [2.45, 2.75) is 47.2 Å². The number of furan rings is 1. The zero-order valence-electron chi connectivity index (χ0n) is 15.9. The number of carbonyl (C=O) groups excluding carboxylic acids is 1. The van der Waals surface area contributed by atoms with Crippen LogP contribution >= 0.6 is 0 Å². The van der Waals surface area contributed by atoms with Crippen molar-refractivity contribution in [2.75, 3.05) is 19.6 Å². The molecule has 0 radical (unpaired) electrons. The summed E-state index contributed by atoms with van der Waals surface area (Å²) in [6.07, 6.45) is 0.521. The van der Waals surface area contributed by atoms with Crippen LogP contribution in [0.25, 0.3) is 0 Å². The lowest BCUT2D eigenvalue weighted by Crippen LogP contribution is -2.39. The lowest BCUT2D eigenvalue weighted by molar-refractivity contribution is 0.0729. The summed E-state index contributed by atoms with van der Waals surface area (Å²) < 4.78 is 5.81. The first-order chi connectivity index (χ1) is 12.4. The van der Waals surface area contributed by atoms with Gasteiger partial charge in [0.1, 0.15) is 17.3 Å². The van der Waals surface area contributed by atoms with E-state index >= 15 is 0 Å². The Balaban J connectivity index is 1.80. The number of H-pyrrole nitrogens is 1. The average Bonchev–Trinajstić information content (AvgIpc) is 2.98. The van der Waals surface area contributed by atoms with Crippen molar-refractivity contribution in [1.29, 1.82) is 0 Å². The minimum absolute atomic E-state index is 0.0672. The van der Waals surface area contributed by atoms with Gasteiger partial charge in [-0.15, -0.1) is 0 Å². The third kappa shape index (κ3) is 3.58. The number of carbonyl (C=O) groups is 1. The number of aryl methyl sites for hydroxylation is 2. The summed E-state index contributed by atoms with van der Waals surface area (Å²) in [6.45, 7) is 11.2. The van der Waals surface area contributed by atoms with Gasteiger partial charge >= 0.3 is 0 Å². The molecule has 26 heavy (non-hydrogen) atoms. The minimum Gasteiger partial charge on any atom is -0.464 e. The molecule has 140 valence electrons. The van der Waals surface area contributed by atoms with E-state index in [9.17, 15) is 9.59 Å². The molecule has 0 aliphatic carbocycles. The SMILES string of the molecule is CCN(CC)Cc1cc(C(=O)N2CCc3c(nc(C)[nH]c3=O)C2)c(C)o1. The molecule has 1 amide bonds. The molecule has 3 rings (SSSR count). The van der Waals surface area contributed by atoms with E-state index in [1.54, 1.807) is 11.8 Å². The first kappa shape index (κ1) is 18.4. The number of hydrogen-bond acceptors (Lipinski definition) is 5. The third-order valence-corrected chi connectivity index (χ3v) is 4.95. The van der Waals surface area contributed by atoms with Gasteiger partial charge in [-0.1, -0.05) is 13.8 Å². The minimum atomic E-state index is -0.0967. The van der Waals surface area contributed by atoms with E-state index in [1.165, 1.54) is 0 Å². The Hall–Kier alpha value is -2.41. The number of aromatic nitrogens is 2. The molecule has 0 unspecified atom stereocenters. The van der Waals surface area contributed by atoms with Crippen LogP contribution in [0.4, 0.5) is 0 Å².